The Kier molecular flexibility index (Phi) is 6.26. The fourth-order valence-electron chi connectivity index (χ4n) is 3.57. The van der Waals surface area contributed by atoms with E-state index >= 15 is 0 Å². The number of fused-ring (bicyclic) bond motifs is 1. The number of nitrogens with zero attached hydrogens (tertiary/aromatic N) is 2. The minimum atomic E-state index is -0.140. The first-order valence-electron chi connectivity index (χ1n) is 10.2. The lowest BCUT2D eigenvalue weighted by molar-refractivity contribution is -0.131. The first kappa shape index (κ1) is 20.9. The predicted molar refractivity (Wildman–Crippen MR) is 117 cm³/mol. The molecule has 0 fully saturated rings. The second kappa shape index (κ2) is 8.68. The normalized spacial score (nSPS) is 14.2. The van der Waals surface area contributed by atoms with Crippen LogP contribution in [0.2, 0.25) is 0 Å². The number of likely N-dealkylation sites (N-methyl/N-ethyl adjacent to an activating group) is 1. The highest BCUT2D eigenvalue weighted by Crippen LogP contribution is 2.24. The van der Waals surface area contributed by atoms with E-state index in [-0.39, 0.29) is 17.2 Å². The van der Waals surface area contributed by atoms with Crippen LogP contribution in [-0.2, 0) is 16.8 Å². The number of rotatable bonds is 4. The summed E-state index contributed by atoms with van der Waals surface area (Å²) in [6.07, 6.45) is 0.303. The summed E-state index contributed by atoms with van der Waals surface area (Å²) in [6, 6.07) is 15.9. The van der Waals surface area contributed by atoms with Gasteiger partial charge in [-0.3, -0.25) is 9.59 Å². The van der Waals surface area contributed by atoms with Crippen LogP contribution in [0.5, 0.6) is 0 Å². The summed E-state index contributed by atoms with van der Waals surface area (Å²) < 4.78 is 0. The lowest BCUT2D eigenvalue weighted by atomic mass is 9.87. The van der Waals surface area contributed by atoms with Crippen LogP contribution >= 0.6 is 0 Å². The minimum Gasteiger partial charge on any atom is -0.373 e. The molecule has 2 amide bonds. The van der Waals surface area contributed by atoms with Gasteiger partial charge in [-0.05, 0) is 34.7 Å². The molecule has 154 valence electrons. The topological polar surface area (TPSA) is 52.6 Å². The minimum absolute atomic E-state index is 0.0568. The van der Waals surface area contributed by atoms with Gasteiger partial charge in [0, 0.05) is 50.9 Å². The molecule has 29 heavy (non-hydrogen) atoms. The van der Waals surface area contributed by atoms with Gasteiger partial charge < -0.3 is 15.1 Å². The van der Waals surface area contributed by atoms with Crippen LogP contribution in [0.15, 0.2) is 48.5 Å². The van der Waals surface area contributed by atoms with Crippen molar-refractivity contribution in [2.45, 2.75) is 39.2 Å². The van der Waals surface area contributed by atoms with E-state index in [1.807, 2.05) is 41.3 Å². The molecule has 0 atom stereocenters. The average molecular weight is 394 g/mol. The van der Waals surface area contributed by atoms with Crippen molar-refractivity contribution in [3.05, 3.63) is 65.2 Å². The van der Waals surface area contributed by atoms with Gasteiger partial charge in [0.15, 0.2) is 0 Å². The van der Waals surface area contributed by atoms with E-state index in [1.54, 1.807) is 0 Å². The molecule has 5 heteroatoms. The van der Waals surface area contributed by atoms with Gasteiger partial charge in [0.2, 0.25) is 5.91 Å². The second-order valence-corrected chi connectivity index (χ2v) is 8.70. The van der Waals surface area contributed by atoms with Crippen molar-refractivity contribution in [1.29, 1.82) is 0 Å². The maximum absolute atomic E-state index is 12.7. The highest BCUT2D eigenvalue weighted by atomic mass is 16.2. The Hall–Kier alpha value is -2.82. The van der Waals surface area contributed by atoms with Gasteiger partial charge in [0.05, 0.1) is 0 Å². The molecule has 1 aliphatic rings. The largest absolute Gasteiger partial charge is 0.373 e. The van der Waals surface area contributed by atoms with E-state index in [4.69, 9.17) is 0 Å². The zero-order valence-electron chi connectivity index (χ0n) is 17.9. The zero-order valence-corrected chi connectivity index (χ0v) is 17.9. The summed E-state index contributed by atoms with van der Waals surface area (Å²) in [6.45, 7) is 8.88. The molecule has 0 saturated carbocycles. The monoisotopic (exact) mass is 393 g/mol. The molecule has 1 N–H and O–H groups in total. The molecule has 0 unspecified atom stereocenters. The molecular formula is C24H31N3O2. The van der Waals surface area contributed by atoms with Crippen molar-refractivity contribution in [1.82, 2.24) is 10.2 Å². The van der Waals surface area contributed by atoms with Crippen LogP contribution < -0.4 is 10.2 Å². The fraction of sp³-hybridized carbons (Fsp3) is 0.417. The third-order valence-corrected chi connectivity index (χ3v) is 5.46. The lowest BCUT2D eigenvalue weighted by Gasteiger charge is -2.21. The van der Waals surface area contributed by atoms with Crippen molar-refractivity contribution in [3.8, 4) is 0 Å². The molecule has 5 nitrogen and oxygen atoms in total. The smallest absolute Gasteiger partial charge is 0.251 e. The molecule has 1 heterocycles. The van der Waals surface area contributed by atoms with Gasteiger partial charge in [-0.1, -0.05) is 51.1 Å². The Balaban J connectivity index is 1.53. The molecule has 0 saturated heterocycles. The Morgan fingerprint density at radius 3 is 2.38 bits per heavy atom. The summed E-state index contributed by atoms with van der Waals surface area (Å²) in [5.41, 5.74) is 4.20. The number of hydrogen-bond donors (Lipinski definition) is 1. The van der Waals surface area contributed by atoms with E-state index < -0.39 is 0 Å². The number of nitrogens with one attached hydrogen (secondary N) is 1. The average Bonchev–Trinajstić information content (AvgIpc) is 2.86. The number of para-hydroxylation sites is 1. The third kappa shape index (κ3) is 5.17. The lowest BCUT2D eigenvalue weighted by Crippen LogP contribution is -2.36. The van der Waals surface area contributed by atoms with E-state index in [9.17, 15) is 9.59 Å². The first-order valence-corrected chi connectivity index (χ1v) is 10.2. The number of benzene rings is 2. The number of carbonyl (C=O) groups excluding carboxylic acids is 2. The zero-order chi connectivity index (χ0) is 21.0. The van der Waals surface area contributed by atoms with Gasteiger partial charge in [-0.2, -0.15) is 0 Å². The van der Waals surface area contributed by atoms with Gasteiger partial charge in [-0.25, -0.2) is 0 Å². The van der Waals surface area contributed by atoms with Crippen LogP contribution in [0.1, 0.15) is 48.7 Å². The van der Waals surface area contributed by atoms with Crippen molar-refractivity contribution >= 4 is 17.5 Å². The van der Waals surface area contributed by atoms with Crippen LogP contribution in [0.3, 0.4) is 0 Å². The number of carbonyl (C=O) groups is 2. The molecule has 0 radical (unpaired) electrons. The van der Waals surface area contributed by atoms with E-state index in [1.165, 1.54) is 11.3 Å². The molecule has 0 spiro atoms. The van der Waals surface area contributed by atoms with Crippen molar-refractivity contribution < 1.29 is 9.59 Å². The van der Waals surface area contributed by atoms with Crippen molar-refractivity contribution in [3.63, 3.8) is 0 Å². The van der Waals surface area contributed by atoms with Gasteiger partial charge in [-0.15, -0.1) is 0 Å². The number of amides is 2. The van der Waals surface area contributed by atoms with Gasteiger partial charge >= 0.3 is 0 Å². The second-order valence-electron chi connectivity index (χ2n) is 8.70. The molecule has 0 bridgehead atoms. The van der Waals surface area contributed by atoms with Gasteiger partial charge in [0.25, 0.3) is 5.91 Å². The molecular weight excluding hydrogens is 362 g/mol. The highest BCUT2D eigenvalue weighted by molar-refractivity contribution is 5.94. The Morgan fingerprint density at radius 1 is 1.00 bits per heavy atom. The summed E-state index contributed by atoms with van der Waals surface area (Å²) in [7, 11) is 2.05. The number of hydrogen-bond acceptors (Lipinski definition) is 3. The summed E-state index contributed by atoms with van der Waals surface area (Å²) in [4.78, 5) is 29.1. The van der Waals surface area contributed by atoms with Crippen LogP contribution in [0.25, 0.3) is 0 Å². The van der Waals surface area contributed by atoms with Crippen molar-refractivity contribution in [2.75, 3.05) is 31.6 Å². The van der Waals surface area contributed by atoms with E-state index in [0.717, 1.165) is 12.1 Å². The van der Waals surface area contributed by atoms with Crippen molar-refractivity contribution in [2.24, 2.45) is 0 Å². The molecule has 0 aromatic heterocycles. The molecule has 0 aliphatic carbocycles. The van der Waals surface area contributed by atoms with Crippen LogP contribution in [0, 0.1) is 0 Å². The van der Waals surface area contributed by atoms with E-state index in [2.05, 4.69) is 50.2 Å². The highest BCUT2D eigenvalue weighted by Gasteiger charge is 2.21. The van der Waals surface area contributed by atoms with Crippen LogP contribution in [-0.4, -0.2) is 43.4 Å². The first-order chi connectivity index (χ1) is 13.8. The van der Waals surface area contributed by atoms with Gasteiger partial charge in [0.1, 0.15) is 0 Å². The maximum Gasteiger partial charge on any atom is 0.251 e. The predicted octanol–water partition coefficient (Wildman–Crippen LogP) is 3.58. The number of anilines is 1. The Bertz CT molecular complexity index is 868. The third-order valence-electron chi connectivity index (χ3n) is 5.46. The Morgan fingerprint density at radius 2 is 1.69 bits per heavy atom. The summed E-state index contributed by atoms with van der Waals surface area (Å²) in [5, 5.41) is 2.87. The molecule has 2 aromatic rings. The van der Waals surface area contributed by atoms with E-state index in [0.29, 0.717) is 31.6 Å². The summed E-state index contributed by atoms with van der Waals surface area (Å²) in [5.74, 6) is -0.0716. The quantitative estimate of drug-likeness (QED) is 0.864. The maximum atomic E-state index is 12.7. The molecule has 1 aliphatic heterocycles. The fourth-order valence-corrected chi connectivity index (χ4v) is 3.57. The standard InChI is InChI=1S/C24H31N3O2/c1-24(2,3)20-11-9-18(10-12-20)23(29)25-14-13-22(28)27-16-15-26(4)21-8-6-5-7-19(21)17-27/h5-12H,13-17H2,1-4H3,(H,25,29). The Labute approximate surface area is 173 Å². The SMILES string of the molecule is CN1CCN(C(=O)CCNC(=O)c2ccc(C(C)(C)C)cc2)Cc2ccccc21. The summed E-state index contributed by atoms with van der Waals surface area (Å²) >= 11 is 0. The molecule has 3 rings (SSSR count). The molecule has 2 aromatic carbocycles. The van der Waals surface area contributed by atoms with Crippen LogP contribution in [0.4, 0.5) is 5.69 Å².